The SMILES string of the molecule is Cc1nccn1CC(Br)C(F)(F)F. The van der Waals surface area contributed by atoms with E-state index >= 15 is 0 Å². The molecule has 0 saturated heterocycles. The average molecular weight is 257 g/mol. The number of hydrogen-bond donors (Lipinski definition) is 0. The number of nitrogens with zero attached hydrogens (tertiary/aromatic N) is 2. The Morgan fingerprint density at radius 1 is 1.62 bits per heavy atom. The lowest BCUT2D eigenvalue weighted by atomic mass is 10.4. The molecule has 0 aliphatic rings. The molecule has 0 radical (unpaired) electrons. The van der Waals surface area contributed by atoms with Gasteiger partial charge in [0.15, 0.2) is 0 Å². The first-order valence-electron chi connectivity index (χ1n) is 3.60. The van der Waals surface area contributed by atoms with E-state index in [4.69, 9.17) is 0 Å². The van der Waals surface area contributed by atoms with Crippen LogP contribution in [0.1, 0.15) is 5.82 Å². The molecule has 1 heterocycles. The fourth-order valence-electron chi connectivity index (χ4n) is 0.873. The number of rotatable bonds is 2. The van der Waals surface area contributed by atoms with E-state index in [1.807, 2.05) is 0 Å². The summed E-state index contributed by atoms with van der Waals surface area (Å²) < 4.78 is 37.7. The maximum atomic E-state index is 12.1. The van der Waals surface area contributed by atoms with Gasteiger partial charge in [-0.15, -0.1) is 0 Å². The third kappa shape index (κ3) is 2.72. The Labute approximate surface area is 81.9 Å². The molecule has 2 nitrogen and oxygen atoms in total. The molecular weight excluding hydrogens is 249 g/mol. The highest BCUT2D eigenvalue weighted by atomic mass is 79.9. The summed E-state index contributed by atoms with van der Waals surface area (Å²) in [7, 11) is 0. The van der Waals surface area contributed by atoms with Gasteiger partial charge < -0.3 is 4.57 Å². The number of halogens is 4. The predicted molar refractivity (Wildman–Crippen MR) is 45.7 cm³/mol. The standard InChI is InChI=1S/C7H8BrF3N2/c1-5-12-2-3-13(5)4-6(8)7(9,10)11/h2-3,6H,4H2,1H3. The van der Waals surface area contributed by atoms with Crippen LogP contribution < -0.4 is 0 Å². The molecule has 1 aromatic heterocycles. The van der Waals surface area contributed by atoms with Crippen molar-refractivity contribution in [3.8, 4) is 0 Å². The average Bonchev–Trinajstić information content (AvgIpc) is 2.34. The monoisotopic (exact) mass is 256 g/mol. The topological polar surface area (TPSA) is 17.8 Å². The highest BCUT2D eigenvalue weighted by molar-refractivity contribution is 9.09. The summed E-state index contributed by atoms with van der Waals surface area (Å²) in [5.41, 5.74) is 0. The summed E-state index contributed by atoms with van der Waals surface area (Å²) in [6.07, 6.45) is -1.21. The van der Waals surface area contributed by atoms with Crippen LogP contribution in [0.15, 0.2) is 12.4 Å². The normalized spacial score (nSPS) is 14.5. The van der Waals surface area contributed by atoms with Gasteiger partial charge >= 0.3 is 6.18 Å². The molecule has 6 heteroatoms. The number of aryl methyl sites for hydroxylation is 1. The maximum absolute atomic E-state index is 12.1. The third-order valence-electron chi connectivity index (χ3n) is 1.64. The Kier molecular flexibility index (Phi) is 3.00. The summed E-state index contributed by atoms with van der Waals surface area (Å²) in [5, 5.41) is 0. The van der Waals surface area contributed by atoms with Crippen LogP contribution in [0.25, 0.3) is 0 Å². The Bertz CT molecular complexity index is 282. The van der Waals surface area contributed by atoms with E-state index in [0.717, 1.165) is 0 Å². The molecule has 1 atom stereocenters. The van der Waals surface area contributed by atoms with Gasteiger partial charge in [0, 0.05) is 18.9 Å². The summed E-state index contributed by atoms with van der Waals surface area (Å²) in [6, 6.07) is 0. The predicted octanol–water partition coefficient (Wildman–Crippen LogP) is 2.52. The Hall–Kier alpha value is -0.520. The van der Waals surface area contributed by atoms with Gasteiger partial charge in [0.2, 0.25) is 0 Å². The maximum Gasteiger partial charge on any atom is 0.402 e. The highest BCUT2D eigenvalue weighted by Crippen LogP contribution is 2.27. The molecule has 0 aliphatic carbocycles. The van der Waals surface area contributed by atoms with Crippen molar-refractivity contribution in [3.05, 3.63) is 18.2 Å². The van der Waals surface area contributed by atoms with E-state index in [9.17, 15) is 13.2 Å². The second-order valence-electron chi connectivity index (χ2n) is 2.64. The van der Waals surface area contributed by atoms with Crippen LogP contribution in [0.2, 0.25) is 0 Å². The summed E-state index contributed by atoms with van der Waals surface area (Å²) in [6.45, 7) is 1.52. The van der Waals surface area contributed by atoms with Gasteiger partial charge in [0.05, 0.1) is 0 Å². The van der Waals surface area contributed by atoms with Crippen molar-refractivity contribution in [2.45, 2.75) is 24.5 Å². The molecular formula is C7H8BrF3N2. The van der Waals surface area contributed by atoms with Crippen LogP contribution in [0.4, 0.5) is 13.2 Å². The number of aromatic nitrogens is 2. The van der Waals surface area contributed by atoms with Gasteiger partial charge in [-0.3, -0.25) is 0 Å². The van der Waals surface area contributed by atoms with Crippen molar-refractivity contribution in [3.63, 3.8) is 0 Å². The number of imidazole rings is 1. The lowest BCUT2D eigenvalue weighted by Gasteiger charge is -2.14. The molecule has 74 valence electrons. The minimum atomic E-state index is -4.21. The van der Waals surface area contributed by atoms with Crippen LogP contribution in [0.5, 0.6) is 0 Å². The first-order valence-corrected chi connectivity index (χ1v) is 4.51. The molecule has 0 spiro atoms. The molecule has 0 bridgehead atoms. The highest BCUT2D eigenvalue weighted by Gasteiger charge is 2.37. The van der Waals surface area contributed by atoms with Crippen LogP contribution in [-0.4, -0.2) is 20.6 Å². The second-order valence-corrected chi connectivity index (χ2v) is 3.74. The van der Waals surface area contributed by atoms with Gasteiger partial charge in [-0.2, -0.15) is 13.2 Å². The van der Waals surface area contributed by atoms with E-state index < -0.39 is 11.0 Å². The van der Waals surface area contributed by atoms with Crippen molar-refractivity contribution in [2.75, 3.05) is 0 Å². The minimum Gasteiger partial charge on any atom is -0.334 e. The van der Waals surface area contributed by atoms with E-state index in [-0.39, 0.29) is 6.54 Å². The number of alkyl halides is 4. The van der Waals surface area contributed by atoms with Gasteiger partial charge in [-0.05, 0) is 6.92 Å². The lowest BCUT2D eigenvalue weighted by molar-refractivity contribution is -0.129. The largest absolute Gasteiger partial charge is 0.402 e. The molecule has 0 fully saturated rings. The van der Waals surface area contributed by atoms with E-state index in [0.29, 0.717) is 5.82 Å². The zero-order valence-corrected chi connectivity index (χ0v) is 8.43. The van der Waals surface area contributed by atoms with E-state index in [1.165, 1.54) is 17.0 Å². The van der Waals surface area contributed by atoms with Crippen LogP contribution in [0, 0.1) is 6.92 Å². The first-order chi connectivity index (χ1) is 5.91. The van der Waals surface area contributed by atoms with E-state index in [2.05, 4.69) is 20.9 Å². The first kappa shape index (κ1) is 10.6. The molecule has 0 aliphatic heterocycles. The van der Waals surface area contributed by atoms with Crippen molar-refractivity contribution < 1.29 is 13.2 Å². The minimum absolute atomic E-state index is 0.144. The van der Waals surface area contributed by atoms with E-state index in [1.54, 1.807) is 6.92 Å². The fraction of sp³-hybridized carbons (Fsp3) is 0.571. The van der Waals surface area contributed by atoms with Gasteiger partial charge in [-0.25, -0.2) is 4.98 Å². The van der Waals surface area contributed by atoms with Crippen molar-refractivity contribution >= 4 is 15.9 Å². The van der Waals surface area contributed by atoms with Crippen molar-refractivity contribution in [1.29, 1.82) is 0 Å². The molecule has 1 aromatic rings. The lowest BCUT2D eigenvalue weighted by Crippen LogP contribution is -2.27. The smallest absolute Gasteiger partial charge is 0.334 e. The molecule has 1 unspecified atom stereocenters. The zero-order valence-electron chi connectivity index (χ0n) is 6.85. The molecule has 1 rings (SSSR count). The third-order valence-corrected chi connectivity index (χ3v) is 2.44. The van der Waals surface area contributed by atoms with Crippen molar-refractivity contribution in [1.82, 2.24) is 9.55 Å². The Morgan fingerprint density at radius 3 is 2.62 bits per heavy atom. The molecule has 0 N–H and O–H groups in total. The zero-order chi connectivity index (χ0) is 10.1. The Balaban J connectivity index is 2.65. The summed E-state index contributed by atoms with van der Waals surface area (Å²) >= 11 is 2.58. The van der Waals surface area contributed by atoms with Crippen LogP contribution in [0.3, 0.4) is 0 Å². The van der Waals surface area contributed by atoms with Crippen LogP contribution in [-0.2, 0) is 6.54 Å². The van der Waals surface area contributed by atoms with Crippen molar-refractivity contribution in [2.24, 2.45) is 0 Å². The van der Waals surface area contributed by atoms with Gasteiger partial charge in [-0.1, -0.05) is 15.9 Å². The number of hydrogen-bond acceptors (Lipinski definition) is 1. The molecule has 0 amide bonds. The Morgan fingerprint density at radius 2 is 2.23 bits per heavy atom. The summed E-state index contributed by atoms with van der Waals surface area (Å²) in [4.78, 5) is 2.31. The summed E-state index contributed by atoms with van der Waals surface area (Å²) in [5.74, 6) is 0.578. The molecule has 0 aromatic carbocycles. The van der Waals surface area contributed by atoms with Gasteiger partial charge in [0.1, 0.15) is 10.7 Å². The molecule has 13 heavy (non-hydrogen) atoms. The second kappa shape index (κ2) is 3.69. The van der Waals surface area contributed by atoms with Crippen LogP contribution >= 0.6 is 15.9 Å². The molecule has 0 saturated carbocycles. The fourth-order valence-corrected chi connectivity index (χ4v) is 1.18. The van der Waals surface area contributed by atoms with Gasteiger partial charge in [0.25, 0.3) is 0 Å². The quantitative estimate of drug-likeness (QED) is 0.744.